The molecule has 0 heterocycles. The third-order valence-electron chi connectivity index (χ3n) is 3.15. The van der Waals surface area contributed by atoms with Gasteiger partial charge in [-0.15, -0.1) is 0 Å². The molecule has 0 fully saturated rings. The zero-order chi connectivity index (χ0) is 10.8. The maximum atomic E-state index is 11.0. The number of nitrogens with two attached hydrogens (primary N) is 1. The first-order chi connectivity index (χ1) is 7.22. The van der Waals surface area contributed by atoms with Crippen molar-refractivity contribution in [2.45, 2.75) is 19.3 Å². The molecule has 1 atom stereocenters. The number of aromatic carboxylic acids is 1. The lowest BCUT2D eigenvalue weighted by atomic mass is 9.82. The predicted octanol–water partition coefficient (Wildman–Crippen LogP) is 1.45. The molecule has 0 amide bonds. The third-order valence-corrected chi connectivity index (χ3v) is 3.15. The summed E-state index contributed by atoms with van der Waals surface area (Å²) in [7, 11) is 0. The standard InChI is InChI=1S/C12H15NO2/c13-7-8-4-5-10-9(6-8)2-1-3-11(10)12(14)15/h1-3,8H,4-7,13H2,(H,14,15). The van der Waals surface area contributed by atoms with E-state index >= 15 is 0 Å². The summed E-state index contributed by atoms with van der Waals surface area (Å²) in [6, 6.07) is 5.52. The van der Waals surface area contributed by atoms with E-state index in [4.69, 9.17) is 10.8 Å². The van der Waals surface area contributed by atoms with Crippen LogP contribution in [0, 0.1) is 5.92 Å². The Kier molecular flexibility index (Phi) is 2.73. The van der Waals surface area contributed by atoms with Crippen LogP contribution in [0.5, 0.6) is 0 Å². The number of carboxylic acids is 1. The number of fused-ring (bicyclic) bond motifs is 1. The molecule has 3 N–H and O–H groups in total. The van der Waals surface area contributed by atoms with Crippen molar-refractivity contribution >= 4 is 5.97 Å². The smallest absolute Gasteiger partial charge is 0.335 e. The minimum absolute atomic E-state index is 0.461. The molecule has 0 spiro atoms. The van der Waals surface area contributed by atoms with Gasteiger partial charge in [-0.25, -0.2) is 4.79 Å². The van der Waals surface area contributed by atoms with Gasteiger partial charge in [0.05, 0.1) is 5.56 Å². The van der Waals surface area contributed by atoms with Crippen LogP contribution in [-0.2, 0) is 12.8 Å². The summed E-state index contributed by atoms with van der Waals surface area (Å²) in [5.74, 6) is -0.306. The molecule has 0 saturated carbocycles. The largest absolute Gasteiger partial charge is 0.478 e. The molecule has 3 nitrogen and oxygen atoms in total. The summed E-state index contributed by atoms with van der Waals surface area (Å²) in [4.78, 5) is 11.0. The predicted molar refractivity (Wildman–Crippen MR) is 58.0 cm³/mol. The van der Waals surface area contributed by atoms with Crippen molar-refractivity contribution in [2.24, 2.45) is 11.7 Å². The Morgan fingerprint density at radius 2 is 2.33 bits per heavy atom. The SMILES string of the molecule is NCC1CCc2c(cccc2C(=O)O)C1. The Labute approximate surface area is 88.9 Å². The van der Waals surface area contributed by atoms with E-state index in [9.17, 15) is 4.79 Å². The van der Waals surface area contributed by atoms with E-state index in [0.29, 0.717) is 18.0 Å². The molecule has 1 aliphatic carbocycles. The summed E-state index contributed by atoms with van der Waals surface area (Å²) in [6.45, 7) is 0.691. The Morgan fingerprint density at radius 1 is 1.53 bits per heavy atom. The lowest BCUT2D eigenvalue weighted by molar-refractivity contribution is 0.0695. The first-order valence-corrected chi connectivity index (χ1v) is 5.26. The topological polar surface area (TPSA) is 63.3 Å². The normalized spacial score (nSPS) is 19.7. The second kappa shape index (κ2) is 4.03. The van der Waals surface area contributed by atoms with Crippen LogP contribution in [0.3, 0.4) is 0 Å². The van der Waals surface area contributed by atoms with Crippen LogP contribution in [0.2, 0.25) is 0 Å². The van der Waals surface area contributed by atoms with Gasteiger partial charge in [-0.3, -0.25) is 0 Å². The molecule has 15 heavy (non-hydrogen) atoms. The van der Waals surface area contributed by atoms with Crippen LogP contribution in [0.4, 0.5) is 0 Å². The van der Waals surface area contributed by atoms with Gasteiger partial charge in [0.15, 0.2) is 0 Å². The van der Waals surface area contributed by atoms with Crippen LogP contribution in [0.15, 0.2) is 18.2 Å². The Morgan fingerprint density at radius 3 is 3.00 bits per heavy atom. The minimum Gasteiger partial charge on any atom is -0.478 e. The van der Waals surface area contributed by atoms with Crippen molar-refractivity contribution in [3.8, 4) is 0 Å². The molecule has 3 heteroatoms. The van der Waals surface area contributed by atoms with Crippen molar-refractivity contribution in [3.63, 3.8) is 0 Å². The molecular weight excluding hydrogens is 190 g/mol. The molecule has 1 aromatic rings. The second-order valence-corrected chi connectivity index (χ2v) is 4.09. The monoisotopic (exact) mass is 205 g/mol. The third kappa shape index (κ3) is 1.88. The molecule has 0 saturated heterocycles. The quantitative estimate of drug-likeness (QED) is 0.768. The van der Waals surface area contributed by atoms with E-state index in [0.717, 1.165) is 30.4 Å². The van der Waals surface area contributed by atoms with E-state index in [1.165, 1.54) is 0 Å². The molecule has 0 aromatic heterocycles. The van der Waals surface area contributed by atoms with E-state index in [-0.39, 0.29) is 0 Å². The van der Waals surface area contributed by atoms with Crippen LogP contribution >= 0.6 is 0 Å². The number of carbonyl (C=O) groups is 1. The lowest BCUT2D eigenvalue weighted by Gasteiger charge is -2.24. The van der Waals surface area contributed by atoms with Crippen LogP contribution in [0.1, 0.15) is 27.9 Å². The van der Waals surface area contributed by atoms with Crippen molar-refractivity contribution in [2.75, 3.05) is 6.54 Å². The Balaban J connectivity index is 2.37. The van der Waals surface area contributed by atoms with Crippen molar-refractivity contribution < 1.29 is 9.90 Å². The molecule has 1 aliphatic rings. The first kappa shape index (κ1) is 10.2. The van der Waals surface area contributed by atoms with Gasteiger partial charge in [0.25, 0.3) is 0 Å². The summed E-state index contributed by atoms with van der Waals surface area (Å²) in [5.41, 5.74) is 8.28. The number of benzene rings is 1. The minimum atomic E-state index is -0.821. The number of carboxylic acid groups (broad SMARTS) is 1. The number of rotatable bonds is 2. The van der Waals surface area contributed by atoms with E-state index < -0.39 is 5.97 Å². The molecule has 1 unspecified atom stereocenters. The highest BCUT2D eigenvalue weighted by molar-refractivity contribution is 5.89. The van der Waals surface area contributed by atoms with E-state index in [1.54, 1.807) is 6.07 Å². The Hall–Kier alpha value is -1.35. The molecule has 1 aromatic carbocycles. The van der Waals surface area contributed by atoms with E-state index in [2.05, 4.69) is 0 Å². The van der Waals surface area contributed by atoms with Gasteiger partial charge in [-0.1, -0.05) is 12.1 Å². The lowest BCUT2D eigenvalue weighted by Crippen LogP contribution is -2.23. The molecule has 0 bridgehead atoms. The van der Waals surface area contributed by atoms with Gasteiger partial charge in [0, 0.05) is 0 Å². The van der Waals surface area contributed by atoms with Gasteiger partial charge >= 0.3 is 5.97 Å². The van der Waals surface area contributed by atoms with E-state index in [1.807, 2.05) is 12.1 Å². The fourth-order valence-electron chi connectivity index (χ4n) is 2.28. The van der Waals surface area contributed by atoms with Gasteiger partial charge < -0.3 is 10.8 Å². The average molecular weight is 205 g/mol. The fraction of sp³-hybridized carbons (Fsp3) is 0.417. The zero-order valence-electron chi connectivity index (χ0n) is 8.57. The maximum Gasteiger partial charge on any atom is 0.335 e. The van der Waals surface area contributed by atoms with Gasteiger partial charge in [0.2, 0.25) is 0 Å². The first-order valence-electron chi connectivity index (χ1n) is 5.26. The summed E-state index contributed by atoms with van der Waals surface area (Å²) >= 11 is 0. The maximum absolute atomic E-state index is 11.0. The molecule has 0 radical (unpaired) electrons. The number of hydrogen-bond donors (Lipinski definition) is 2. The highest BCUT2D eigenvalue weighted by Gasteiger charge is 2.21. The summed E-state index contributed by atoms with van der Waals surface area (Å²) in [5, 5.41) is 9.04. The van der Waals surface area contributed by atoms with Crippen LogP contribution in [-0.4, -0.2) is 17.6 Å². The molecule has 80 valence electrons. The van der Waals surface area contributed by atoms with Crippen molar-refractivity contribution in [1.82, 2.24) is 0 Å². The van der Waals surface area contributed by atoms with Crippen molar-refractivity contribution in [3.05, 3.63) is 34.9 Å². The molecule has 0 aliphatic heterocycles. The zero-order valence-corrected chi connectivity index (χ0v) is 8.57. The molecular formula is C12H15NO2. The average Bonchev–Trinajstić information content (AvgIpc) is 2.27. The number of hydrogen-bond acceptors (Lipinski definition) is 2. The van der Waals surface area contributed by atoms with Gasteiger partial charge in [0.1, 0.15) is 0 Å². The van der Waals surface area contributed by atoms with Crippen LogP contribution < -0.4 is 5.73 Å². The fourth-order valence-corrected chi connectivity index (χ4v) is 2.28. The second-order valence-electron chi connectivity index (χ2n) is 4.09. The van der Waals surface area contributed by atoms with Gasteiger partial charge in [-0.2, -0.15) is 0 Å². The molecule has 2 rings (SSSR count). The summed E-state index contributed by atoms with van der Waals surface area (Å²) < 4.78 is 0. The van der Waals surface area contributed by atoms with Gasteiger partial charge in [-0.05, 0) is 48.9 Å². The Bertz CT molecular complexity index is 387. The van der Waals surface area contributed by atoms with Crippen LogP contribution in [0.25, 0.3) is 0 Å². The summed E-state index contributed by atoms with van der Waals surface area (Å²) in [6.07, 6.45) is 2.78. The van der Waals surface area contributed by atoms with Crippen molar-refractivity contribution in [1.29, 1.82) is 0 Å². The highest BCUT2D eigenvalue weighted by atomic mass is 16.4. The highest BCUT2D eigenvalue weighted by Crippen LogP contribution is 2.27.